The summed E-state index contributed by atoms with van der Waals surface area (Å²) in [5, 5.41) is 10.2. The SMILES string of the molecule is CC/C=C\C/C=C\C/C=C\C/C=C\C=C/C(O)C/C=C\CCC(=O)O[C@H](COC(=O)CCCCCCCCCCCCCC)COP(=O)(O)OCC[N+](C)(C)C. The van der Waals surface area contributed by atoms with Gasteiger partial charge in [0.05, 0.1) is 33.9 Å². The van der Waals surface area contributed by atoms with E-state index in [1.807, 2.05) is 39.4 Å². The first-order valence-electron chi connectivity index (χ1n) is 21.3. The lowest BCUT2D eigenvalue weighted by Gasteiger charge is -2.24. The average molecular weight is 809 g/mol. The highest BCUT2D eigenvalue weighted by Crippen LogP contribution is 2.43. The largest absolute Gasteiger partial charge is 0.472 e. The summed E-state index contributed by atoms with van der Waals surface area (Å²) < 4.78 is 34.1. The van der Waals surface area contributed by atoms with Gasteiger partial charge in [-0.2, -0.15) is 0 Å². The standard InChI is InChI=1S/C45H78NO9P/c1-6-8-10-12-14-16-18-20-21-23-25-27-30-34-42(47)35-31-29-33-37-45(49)55-43(41-54-56(50,51)53-39-38-46(3,4)5)40-52-44(48)36-32-28-26-24-22-19-17-15-13-11-9-7-2/h8,10,14,16,20-21,25,27,29-31,34,42-43,47H,6-7,9,11-13,15,17-19,22-24,26,28,32-33,35-41H2,1-5H3/p+1/b10-8-,16-14-,21-20-,27-25-,31-29-,34-30-/t42?,43-/m1/s1. The number of nitrogens with zero attached hydrogens (tertiary/aromatic N) is 1. The molecule has 0 saturated heterocycles. The molecule has 0 spiro atoms. The van der Waals surface area contributed by atoms with E-state index in [1.54, 1.807) is 18.2 Å². The quantitative estimate of drug-likeness (QED) is 0.0157. The van der Waals surface area contributed by atoms with E-state index in [9.17, 15) is 24.2 Å². The fourth-order valence-corrected chi connectivity index (χ4v) is 5.98. The van der Waals surface area contributed by atoms with Gasteiger partial charge in [0.25, 0.3) is 0 Å². The molecule has 2 N–H and O–H groups in total. The van der Waals surface area contributed by atoms with Gasteiger partial charge in [-0.15, -0.1) is 0 Å². The van der Waals surface area contributed by atoms with Crippen molar-refractivity contribution in [2.45, 2.75) is 154 Å². The molecular weight excluding hydrogens is 729 g/mol. The molecule has 0 aromatic heterocycles. The number of rotatable bonds is 37. The summed E-state index contributed by atoms with van der Waals surface area (Å²) in [6.07, 6.45) is 41.3. The van der Waals surface area contributed by atoms with Crippen LogP contribution in [0.1, 0.15) is 142 Å². The van der Waals surface area contributed by atoms with E-state index in [0.717, 1.165) is 44.9 Å². The number of carbonyl (C=O) groups is 2. The minimum absolute atomic E-state index is 0.00295. The molecule has 0 aromatic carbocycles. The lowest BCUT2D eigenvalue weighted by Crippen LogP contribution is -2.37. The molecule has 0 heterocycles. The molecule has 0 bridgehead atoms. The summed E-state index contributed by atoms with van der Waals surface area (Å²) >= 11 is 0. The van der Waals surface area contributed by atoms with Crippen LogP contribution in [0.15, 0.2) is 72.9 Å². The number of ether oxygens (including phenoxy) is 2. The normalized spacial score (nSPS) is 14.9. The molecule has 0 fully saturated rings. The number of aliphatic hydroxyl groups is 1. The van der Waals surface area contributed by atoms with Gasteiger partial charge >= 0.3 is 19.8 Å². The summed E-state index contributed by atoms with van der Waals surface area (Å²) in [4.78, 5) is 35.3. The Morgan fingerprint density at radius 1 is 0.661 bits per heavy atom. The number of esters is 2. The van der Waals surface area contributed by atoms with Crippen LogP contribution in [-0.4, -0.2) is 86.1 Å². The van der Waals surface area contributed by atoms with E-state index in [1.165, 1.54) is 51.4 Å². The van der Waals surface area contributed by atoms with E-state index in [4.69, 9.17) is 18.5 Å². The predicted octanol–water partition coefficient (Wildman–Crippen LogP) is 10.8. The zero-order valence-corrected chi connectivity index (χ0v) is 36.6. The number of hydrogen-bond donors (Lipinski definition) is 2. The van der Waals surface area contributed by atoms with Gasteiger partial charge in [-0.3, -0.25) is 18.6 Å². The molecule has 0 aliphatic rings. The summed E-state index contributed by atoms with van der Waals surface area (Å²) in [6, 6.07) is 0. The Morgan fingerprint density at radius 2 is 1.23 bits per heavy atom. The van der Waals surface area contributed by atoms with Gasteiger partial charge in [0.1, 0.15) is 19.8 Å². The van der Waals surface area contributed by atoms with Gasteiger partial charge in [0, 0.05) is 12.8 Å². The molecule has 56 heavy (non-hydrogen) atoms. The minimum atomic E-state index is -4.42. The molecule has 0 amide bonds. The van der Waals surface area contributed by atoms with Crippen LogP contribution < -0.4 is 0 Å². The second kappa shape index (κ2) is 36.7. The number of aliphatic hydroxyl groups excluding tert-OH is 1. The first kappa shape index (κ1) is 53.4. The summed E-state index contributed by atoms with van der Waals surface area (Å²) in [6.45, 7) is 4.07. The van der Waals surface area contributed by atoms with Crippen molar-refractivity contribution in [3.8, 4) is 0 Å². The monoisotopic (exact) mass is 809 g/mol. The molecule has 10 nitrogen and oxygen atoms in total. The van der Waals surface area contributed by atoms with Crippen LogP contribution in [0, 0.1) is 0 Å². The van der Waals surface area contributed by atoms with E-state index in [0.29, 0.717) is 30.3 Å². The summed E-state index contributed by atoms with van der Waals surface area (Å²) in [5.41, 5.74) is 0. The zero-order chi connectivity index (χ0) is 41.6. The van der Waals surface area contributed by atoms with Crippen LogP contribution in [0.5, 0.6) is 0 Å². The first-order chi connectivity index (χ1) is 26.9. The van der Waals surface area contributed by atoms with Crippen LogP contribution in [0.25, 0.3) is 0 Å². The summed E-state index contributed by atoms with van der Waals surface area (Å²) in [7, 11) is 1.36. The molecule has 0 aromatic rings. The van der Waals surface area contributed by atoms with Gasteiger partial charge in [-0.05, 0) is 44.9 Å². The Bertz CT molecular complexity index is 1200. The fraction of sp³-hybridized carbons (Fsp3) is 0.689. The minimum Gasteiger partial charge on any atom is -0.462 e. The maximum absolute atomic E-state index is 12.7. The molecule has 0 saturated carbocycles. The van der Waals surface area contributed by atoms with Crippen LogP contribution >= 0.6 is 7.82 Å². The Hall–Kier alpha value is -2.59. The Morgan fingerprint density at radius 3 is 1.82 bits per heavy atom. The predicted molar refractivity (Wildman–Crippen MR) is 230 cm³/mol. The lowest BCUT2D eigenvalue weighted by molar-refractivity contribution is -0.870. The van der Waals surface area contributed by atoms with Crippen LogP contribution in [-0.2, 0) is 32.7 Å². The maximum atomic E-state index is 12.7. The van der Waals surface area contributed by atoms with Crippen LogP contribution in [0.3, 0.4) is 0 Å². The van der Waals surface area contributed by atoms with E-state index < -0.39 is 38.6 Å². The highest BCUT2D eigenvalue weighted by atomic mass is 31.2. The Labute approximate surface area is 341 Å². The molecule has 2 unspecified atom stereocenters. The Balaban J connectivity index is 4.62. The maximum Gasteiger partial charge on any atom is 0.472 e. The lowest BCUT2D eigenvalue weighted by atomic mass is 10.0. The second-order valence-corrected chi connectivity index (χ2v) is 16.7. The number of quaternary nitrogens is 1. The van der Waals surface area contributed by atoms with Crippen molar-refractivity contribution in [1.82, 2.24) is 0 Å². The van der Waals surface area contributed by atoms with E-state index in [2.05, 4.69) is 50.3 Å². The number of allylic oxidation sites excluding steroid dienone is 10. The van der Waals surface area contributed by atoms with Crippen molar-refractivity contribution in [2.24, 2.45) is 0 Å². The first-order valence-corrected chi connectivity index (χ1v) is 22.8. The molecule has 0 rings (SSSR count). The zero-order valence-electron chi connectivity index (χ0n) is 35.7. The molecule has 0 aliphatic carbocycles. The van der Waals surface area contributed by atoms with Crippen LogP contribution in [0.2, 0.25) is 0 Å². The van der Waals surface area contributed by atoms with Crippen molar-refractivity contribution in [1.29, 1.82) is 0 Å². The van der Waals surface area contributed by atoms with Gasteiger partial charge in [0.2, 0.25) is 0 Å². The van der Waals surface area contributed by atoms with Crippen molar-refractivity contribution in [3.63, 3.8) is 0 Å². The van der Waals surface area contributed by atoms with Gasteiger partial charge in [-0.25, -0.2) is 4.57 Å². The Kier molecular flexibility index (Phi) is 35.0. The fourth-order valence-electron chi connectivity index (χ4n) is 5.24. The average Bonchev–Trinajstić information content (AvgIpc) is 3.14. The molecule has 3 atom stereocenters. The number of phosphoric ester groups is 1. The molecule has 11 heteroatoms. The number of carbonyl (C=O) groups excluding carboxylic acids is 2. The molecule has 322 valence electrons. The van der Waals surface area contributed by atoms with E-state index >= 15 is 0 Å². The van der Waals surface area contributed by atoms with Crippen molar-refractivity contribution < 1.29 is 47.2 Å². The van der Waals surface area contributed by atoms with Crippen LogP contribution in [0.4, 0.5) is 0 Å². The van der Waals surface area contributed by atoms with Gasteiger partial charge < -0.3 is 24.0 Å². The number of phosphoric acid groups is 1. The highest BCUT2D eigenvalue weighted by Gasteiger charge is 2.27. The summed E-state index contributed by atoms with van der Waals surface area (Å²) in [5.74, 6) is -0.985. The molecular formula is C45H79NO9P+. The highest BCUT2D eigenvalue weighted by molar-refractivity contribution is 7.47. The third-order valence-electron chi connectivity index (χ3n) is 8.59. The number of unbranched alkanes of at least 4 members (excludes halogenated alkanes) is 11. The second-order valence-electron chi connectivity index (χ2n) is 15.2. The molecule has 0 radical (unpaired) electrons. The molecule has 0 aliphatic heterocycles. The third-order valence-corrected chi connectivity index (χ3v) is 9.58. The number of hydrogen-bond acceptors (Lipinski definition) is 8. The van der Waals surface area contributed by atoms with Crippen molar-refractivity contribution in [2.75, 3.05) is 47.5 Å². The van der Waals surface area contributed by atoms with Gasteiger partial charge in [0.15, 0.2) is 6.10 Å². The topological polar surface area (TPSA) is 129 Å². The van der Waals surface area contributed by atoms with Gasteiger partial charge in [-0.1, -0.05) is 157 Å². The third kappa shape index (κ3) is 39.6. The van der Waals surface area contributed by atoms with Crippen molar-refractivity contribution in [3.05, 3.63) is 72.9 Å². The van der Waals surface area contributed by atoms with Crippen molar-refractivity contribution >= 4 is 19.8 Å². The number of likely N-dealkylation sites (N-methyl/N-ethyl adjacent to an activating group) is 1. The van der Waals surface area contributed by atoms with E-state index in [-0.39, 0.29) is 26.1 Å². The smallest absolute Gasteiger partial charge is 0.462 e.